The molecule has 34 heavy (non-hydrogen) atoms. The number of ether oxygens (including phenoxy) is 2. The lowest BCUT2D eigenvalue weighted by molar-refractivity contribution is 0.0754. The van der Waals surface area contributed by atoms with E-state index in [2.05, 4.69) is 15.3 Å². The van der Waals surface area contributed by atoms with Crippen LogP contribution in [-0.4, -0.2) is 61.6 Å². The van der Waals surface area contributed by atoms with E-state index in [1.165, 1.54) is 19.4 Å². The van der Waals surface area contributed by atoms with E-state index in [1.807, 2.05) is 36.5 Å². The molecule has 0 saturated carbocycles. The first-order valence-corrected chi connectivity index (χ1v) is 11.9. The Hall–Kier alpha value is -3.24. The second-order valence-corrected chi connectivity index (χ2v) is 9.00. The lowest BCUT2D eigenvalue weighted by Crippen LogP contribution is -2.33. The first kappa shape index (κ1) is 23.9. The number of aromatic nitrogens is 2. The van der Waals surface area contributed by atoms with Gasteiger partial charge in [0.2, 0.25) is 0 Å². The summed E-state index contributed by atoms with van der Waals surface area (Å²) in [5.74, 6) is 0.0745. The van der Waals surface area contributed by atoms with Crippen molar-refractivity contribution in [2.75, 3.05) is 45.7 Å². The summed E-state index contributed by atoms with van der Waals surface area (Å²) in [7, 11) is 5.23. The Bertz CT molecular complexity index is 1130. The SMILES string of the molecule is CNCC[C@H](Oc1ccc(CN2CCN(C)c3nc(OC)ncc3C2=O)cc1F)c1cccs1. The molecular weight excluding hydrogens is 457 g/mol. The topological polar surface area (TPSA) is 79.8 Å². The highest BCUT2D eigenvalue weighted by Gasteiger charge is 2.27. The third-order valence-electron chi connectivity index (χ3n) is 5.67. The summed E-state index contributed by atoms with van der Waals surface area (Å²) < 4.78 is 26.1. The van der Waals surface area contributed by atoms with E-state index < -0.39 is 5.82 Å². The molecule has 1 aromatic carbocycles. The summed E-state index contributed by atoms with van der Waals surface area (Å²) in [5, 5.41) is 5.10. The molecule has 1 atom stereocenters. The third kappa shape index (κ3) is 5.28. The van der Waals surface area contributed by atoms with Gasteiger partial charge in [-0.15, -0.1) is 11.3 Å². The molecule has 1 N–H and O–H groups in total. The highest BCUT2D eigenvalue weighted by atomic mass is 32.1. The fourth-order valence-electron chi connectivity index (χ4n) is 3.82. The zero-order valence-electron chi connectivity index (χ0n) is 19.5. The Kier molecular flexibility index (Phi) is 7.59. The molecule has 0 spiro atoms. The molecule has 0 fully saturated rings. The molecule has 0 saturated heterocycles. The van der Waals surface area contributed by atoms with Gasteiger partial charge in [-0.05, 0) is 42.7 Å². The number of nitrogens with zero attached hydrogens (tertiary/aromatic N) is 4. The van der Waals surface area contributed by atoms with Gasteiger partial charge in [0.15, 0.2) is 11.6 Å². The van der Waals surface area contributed by atoms with Crippen LogP contribution in [0.5, 0.6) is 11.8 Å². The highest BCUT2D eigenvalue weighted by Crippen LogP contribution is 2.30. The second-order valence-electron chi connectivity index (χ2n) is 8.02. The van der Waals surface area contributed by atoms with Crippen LogP contribution < -0.4 is 19.7 Å². The Morgan fingerprint density at radius 2 is 2.15 bits per heavy atom. The van der Waals surface area contributed by atoms with Crippen molar-refractivity contribution < 1.29 is 18.7 Å². The van der Waals surface area contributed by atoms with Crippen molar-refractivity contribution in [2.45, 2.75) is 19.1 Å². The molecule has 3 aromatic rings. The van der Waals surface area contributed by atoms with E-state index in [0.29, 0.717) is 30.0 Å². The molecule has 1 amide bonds. The number of hydrogen-bond acceptors (Lipinski definition) is 8. The number of fused-ring (bicyclic) bond motifs is 1. The van der Waals surface area contributed by atoms with E-state index in [4.69, 9.17) is 9.47 Å². The average molecular weight is 486 g/mol. The Balaban J connectivity index is 1.50. The van der Waals surface area contributed by atoms with E-state index in [0.717, 1.165) is 17.8 Å². The highest BCUT2D eigenvalue weighted by molar-refractivity contribution is 7.10. The number of nitrogens with one attached hydrogen (secondary N) is 1. The fraction of sp³-hybridized carbons (Fsp3) is 0.375. The van der Waals surface area contributed by atoms with E-state index in [1.54, 1.807) is 28.4 Å². The smallest absolute Gasteiger partial charge is 0.318 e. The Morgan fingerprint density at radius 1 is 1.29 bits per heavy atom. The van der Waals surface area contributed by atoms with Crippen LogP contribution in [-0.2, 0) is 6.54 Å². The normalized spacial score (nSPS) is 14.5. The first-order chi connectivity index (χ1) is 16.5. The number of amides is 1. The van der Waals surface area contributed by atoms with Gasteiger partial charge < -0.3 is 24.6 Å². The molecule has 2 aromatic heterocycles. The molecule has 8 nitrogen and oxygen atoms in total. The molecule has 0 aliphatic carbocycles. The van der Waals surface area contributed by atoms with Gasteiger partial charge in [-0.1, -0.05) is 12.1 Å². The number of likely N-dealkylation sites (N-methyl/N-ethyl adjacent to an activating group) is 1. The average Bonchev–Trinajstić information content (AvgIpc) is 3.36. The number of methoxy groups -OCH3 is 1. The predicted molar refractivity (Wildman–Crippen MR) is 129 cm³/mol. The second kappa shape index (κ2) is 10.8. The van der Waals surface area contributed by atoms with Crippen LogP contribution in [0.25, 0.3) is 0 Å². The molecule has 3 heterocycles. The Labute approximate surface area is 202 Å². The molecule has 0 bridgehead atoms. The standard InChI is InChI=1S/C24H28FN5O3S/c1-26-9-8-20(21-5-4-12-34-21)33-19-7-6-16(13-18(19)25)15-30-11-10-29(2)22-17(23(30)31)14-27-24(28-22)32-3/h4-7,12-14,20,26H,8-11,15H2,1-3H3/t20-/m0/s1. The van der Waals surface area contributed by atoms with Gasteiger partial charge in [-0.25, -0.2) is 9.37 Å². The van der Waals surface area contributed by atoms with Crippen LogP contribution in [0.2, 0.25) is 0 Å². The van der Waals surface area contributed by atoms with Crippen LogP contribution in [0.1, 0.15) is 33.3 Å². The lowest BCUT2D eigenvalue weighted by Gasteiger charge is -2.22. The summed E-state index contributed by atoms with van der Waals surface area (Å²) in [6.07, 6.45) is 1.97. The van der Waals surface area contributed by atoms with Gasteiger partial charge in [0.1, 0.15) is 17.5 Å². The maximum absolute atomic E-state index is 15.0. The van der Waals surface area contributed by atoms with Crippen LogP contribution in [0.15, 0.2) is 41.9 Å². The van der Waals surface area contributed by atoms with Gasteiger partial charge in [-0.3, -0.25) is 4.79 Å². The van der Waals surface area contributed by atoms with Crippen LogP contribution in [0, 0.1) is 5.82 Å². The fourth-order valence-corrected chi connectivity index (χ4v) is 4.61. The maximum atomic E-state index is 15.0. The van der Waals surface area contributed by atoms with Gasteiger partial charge in [0, 0.05) is 44.2 Å². The predicted octanol–water partition coefficient (Wildman–Crippen LogP) is 3.51. The summed E-state index contributed by atoms with van der Waals surface area (Å²) in [6, 6.07) is 9.04. The van der Waals surface area contributed by atoms with E-state index >= 15 is 4.39 Å². The first-order valence-electron chi connectivity index (χ1n) is 11.0. The molecular formula is C24H28FN5O3S. The van der Waals surface area contributed by atoms with Gasteiger partial charge >= 0.3 is 6.01 Å². The number of benzene rings is 1. The largest absolute Gasteiger partial charge is 0.482 e. The summed E-state index contributed by atoms with van der Waals surface area (Å²) in [4.78, 5) is 26.2. The van der Waals surface area contributed by atoms with Crippen molar-refractivity contribution in [1.82, 2.24) is 20.2 Å². The summed E-state index contributed by atoms with van der Waals surface area (Å²) >= 11 is 1.59. The van der Waals surface area contributed by atoms with Crippen molar-refractivity contribution in [1.29, 1.82) is 0 Å². The quantitative estimate of drug-likeness (QED) is 0.497. The molecule has 1 aliphatic rings. The minimum Gasteiger partial charge on any atom is -0.482 e. The van der Waals surface area contributed by atoms with Crippen molar-refractivity contribution >= 4 is 23.1 Å². The number of rotatable bonds is 9. The van der Waals surface area contributed by atoms with Gasteiger partial charge in [0.25, 0.3) is 5.91 Å². The van der Waals surface area contributed by atoms with Gasteiger partial charge in [-0.2, -0.15) is 4.98 Å². The van der Waals surface area contributed by atoms with Crippen molar-refractivity contribution in [3.05, 3.63) is 63.7 Å². The van der Waals surface area contributed by atoms with E-state index in [-0.39, 0.29) is 30.3 Å². The van der Waals surface area contributed by atoms with Crippen molar-refractivity contribution in [2.24, 2.45) is 0 Å². The maximum Gasteiger partial charge on any atom is 0.318 e. The number of anilines is 1. The monoisotopic (exact) mass is 485 g/mol. The van der Waals surface area contributed by atoms with Crippen molar-refractivity contribution in [3.8, 4) is 11.8 Å². The molecule has 0 radical (unpaired) electrons. The minimum absolute atomic E-state index is 0.200. The molecule has 180 valence electrons. The van der Waals surface area contributed by atoms with Gasteiger partial charge in [0.05, 0.1) is 7.11 Å². The zero-order valence-corrected chi connectivity index (χ0v) is 20.3. The number of carbonyl (C=O) groups is 1. The Morgan fingerprint density at radius 3 is 2.85 bits per heavy atom. The van der Waals surface area contributed by atoms with Crippen molar-refractivity contribution in [3.63, 3.8) is 0 Å². The number of carbonyl (C=O) groups excluding carboxylic acids is 1. The molecule has 10 heteroatoms. The van der Waals surface area contributed by atoms with Crippen LogP contribution >= 0.6 is 11.3 Å². The third-order valence-corrected chi connectivity index (χ3v) is 6.63. The number of halogens is 1. The minimum atomic E-state index is -0.448. The van der Waals surface area contributed by atoms with Crippen LogP contribution in [0.4, 0.5) is 10.2 Å². The molecule has 1 aliphatic heterocycles. The molecule has 4 rings (SSSR count). The zero-order chi connectivity index (χ0) is 24.1. The summed E-state index contributed by atoms with van der Waals surface area (Å²) in [6.45, 7) is 2.07. The molecule has 0 unspecified atom stereocenters. The number of thiophene rings is 1. The van der Waals surface area contributed by atoms with Crippen LogP contribution in [0.3, 0.4) is 0 Å². The lowest BCUT2D eigenvalue weighted by atomic mass is 10.1. The number of hydrogen-bond donors (Lipinski definition) is 1. The summed E-state index contributed by atoms with van der Waals surface area (Å²) in [5.41, 5.74) is 1.08. The van der Waals surface area contributed by atoms with E-state index in [9.17, 15) is 4.79 Å².